The molecule has 0 aromatic heterocycles. The summed E-state index contributed by atoms with van der Waals surface area (Å²) >= 11 is 0. The summed E-state index contributed by atoms with van der Waals surface area (Å²) in [5, 5.41) is 5.56. The molecule has 8 nitrogen and oxygen atoms in total. The smallest absolute Gasteiger partial charge is 0.234 e. The van der Waals surface area contributed by atoms with Crippen molar-refractivity contribution in [3.05, 3.63) is 17.7 Å². The Morgan fingerprint density at radius 2 is 1.83 bits per heavy atom. The number of rotatable bonds is 7. The Kier molecular flexibility index (Phi) is 6.25. The lowest BCUT2D eigenvalue weighted by Gasteiger charge is -2.25. The molecular weight excluding hydrogens is 314 g/mol. The fourth-order valence-corrected chi connectivity index (χ4v) is 2.51. The molecule has 0 unspecified atom stereocenters. The van der Waals surface area contributed by atoms with E-state index in [1.54, 1.807) is 38.4 Å². The zero-order valence-electron chi connectivity index (χ0n) is 14.2. The van der Waals surface area contributed by atoms with Gasteiger partial charge in [0.2, 0.25) is 11.8 Å². The van der Waals surface area contributed by atoms with Crippen LogP contribution in [0, 0.1) is 0 Å². The Morgan fingerprint density at radius 3 is 2.46 bits per heavy atom. The molecule has 2 N–H and O–H groups in total. The summed E-state index contributed by atoms with van der Waals surface area (Å²) in [6.45, 7) is 1.95. The highest BCUT2D eigenvalue weighted by Gasteiger charge is 2.19. The normalized spacial score (nSPS) is 14.7. The largest absolute Gasteiger partial charge is 0.496 e. The molecule has 0 spiro atoms. The highest BCUT2D eigenvalue weighted by Crippen LogP contribution is 2.34. The van der Waals surface area contributed by atoms with Crippen molar-refractivity contribution in [2.24, 2.45) is 0 Å². The Balaban J connectivity index is 1.97. The molecule has 0 bridgehead atoms. The van der Waals surface area contributed by atoms with E-state index in [9.17, 15) is 9.59 Å². The molecule has 2 rings (SSSR count). The third-order valence-electron chi connectivity index (χ3n) is 3.75. The first kappa shape index (κ1) is 17.9. The lowest BCUT2D eigenvalue weighted by atomic mass is 10.1. The number of carbonyl (C=O) groups is 2. The maximum absolute atomic E-state index is 12.1. The summed E-state index contributed by atoms with van der Waals surface area (Å²) < 4.78 is 15.8. The van der Waals surface area contributed by atoms with E-state index in [1.165, 1.54) is 0 Å². The van der Waals surface area contributed by atoms with E-state index in [-0.39, 0.29) is 24.9 Å². The number of nitrogens with zero attached hydrogens (tertiary/aromatic N) is 1. The summed E-state index contributed by atoms with van der Waals surface area (Å²) in [7, 11) is 4.65. The summed E-state index contributed by atoms with van der Waals surface area (Å²) in [4.78, 5) is 25.2. The molecule has 132 valence electrons. The molecule has 24 heavy (non-hydrogen) atoms. The van der Waals surface area contributed by atoms with Crippen molar-refractivity contribution in [2.45, 2.75) is 6.54 Å². The van der Waals surface area contributed by atoms with Gasteiger partial charge in [0.05, 0.1) is 34.4 Å². The molecule has 2 amide bonds. The molecule has 1 aromatic carbocycles. The summed E-state index contributed by atoms with van der Waals surface area (Å²) in [6.07, 6.45) is 0. The second-order valence-corrected chi connectivity index (χ2v) is 5.36. The molecule has 1 aliphatic heterocycles. The van der Waals surface area contributed by atoms with Gasteiger partial charge in [-0.25, -0.2) is 0 Å². The third-order valence-corrected chi connectivity index (χ3v) is 3.75. The molecule has 1 fully saturated rings. The molecule has 0 atom stereocenters. The number of piperazine rings is 1. The average molecular weight is 337 g/mol. The topological polar surface area (TPSA) is 89.1 Å². The first-order valence-electron chi connectivity index (χ1n) is 7.62. The highest BCUT2D eigenvalue weighted by molar-refractivity contribution is 5.81. The van der Waals surface area contributed by atoms with Crippen LogP contribution < -0.4 is 24.8 Å². The molecular formula is C16H23N3O5. The molecule has 1 heterocycles. The van der Waals surface area contributed by atoms with Gasteiger partial charge in [-0.1, -0.05) is 0 Å². The Labute approximate surface area is 141 Å². The van der Waals surface area contributed by atoms with Gasteiger partial charge in [0.25, 0.3) is 0 Å². The van der Waals surface area contributed by atoms with Gasteiger partial charge in [-0.2, -0.15) is 0 Å². The highest BCUT2D eigenvalue weighted by atomic mass is 16.5. The van der Waals surface area contributed by atoms with E-state index >= 15 is 0 Å². The van der Waals surface area contributed by atoms with E-state index < -0.39 is 0 Å². The predicted octanol–water partition coefficient (Wildman–Crippen LogP) is -0.240. The molecule has 0 radical (unpaired) electrons. The molecule has 1 saturated heterocycles. The average Bonchev–Trinajstić information content (AvgIpc) is 2.59. The van der Waals surface area contributed by atoms with Crippen LogP contribution in [0.2, 0.25) is 0 Å². The zero-order valence-corrected chi connectivity index (χ0v) is 14.2. The van der Waals surface area contributed by atoms with Crippen molar-refractivity contribution in [3.8, 4) is 17.2 Å². The van der Waals surface area contributed by atoms with E-state index in [1.807, 2.05) is 0 Å². The fourth-order valence-electron chi connectivity index (χ4n) is 2.51. The van der Waals surface area contributed by atoms with Crippen LogP contribution in [-0.2, 0) is 16.1 Å². The van der Waals surface area contributed by atoms with Crippen LogP contribution in [0.3, 0.4) is 0 Å². The van der Waals surface area contributed by atoms with Crippen molar-refractivity contribution >= 4 is 11.8 Å². The van der Waals surface area contributed by atoms with Crippen LogP contribution in [0.25, 0.3) is 0 Å². The number of nitrogens with one attached hydrogen (secondary N) is 2. The number of amides is 2. The summed E-state index contributed by atoms with van der Waals surface area (Å²) in [5.41, 5.74) is 0.778. The number of methoxy groups -OCH3 is 3. The number of benzene rings is 1. The van der Waals surface area contributed by atoms with Crippen molar-refractivity contribution < 1.29 is 23.8 Å². The lowest BCUT2D eigenvalue weighted by molar-refractivity contribution is -0.127. The minimum atomic E-state index is -0.151. The molecule has 1 aliphatic rings. The van der Waals surface area contributed by atoms with E-state index in [4.69, 9.17) is 14.2 Å². The molecule has 8 heteroatoms. The second-order valence-electron chi connectivity index (χ2n) is 5.36. The van der Waals surface area contributed by atoms with Crippen LogP contribution in [0.15, 0.2) is 12.1 Å². The number of carbonyl (C=O) groups excluding carboxylic acids is 2. The van der Waals surface area contributed by atoms with Gasteiger partial charge < -0.3 is 24.8 Å². The van der Waals surface area contributed by atoms with Crippen LogP contribution >= 0.6 is 0 Å². The maximum atomic E-state index is 12.1. The predicted molar refractivity (Wildman–Crippen MR) is 87.4 cm³/mol. The molecule has 1 aromatic rings. The van der Waals surface area contributed by atoms with Crippen molar-refractivity contribution in [1.82, 2.24) is 15.5 Å². The quantitative estimate of drug-likeness (QED) is 0.714. The zero-order chi connectivity index (χ0) is 17.5. The van der Waals surface area contributed by atoms with Gasteiger partial charge in [0.1, 0.15) is 5.75 Å². The molecule has 0 aliphatic carbocycles. The van der Waals surface area contributed by atoms with Gasteiger partial charge in [-0.05, 0) is 6.07 Å². The summed E-state index contributed by atoms with van der Waals surface area (Å²) in [5.74, 6) is 1.52. The number of ether oxygens (including phenoxy) is 3. The van der Waals surface area contributed by atoms with E-state index in [0.29, 0.717) is 36.9 Å². The van der Waals surface area contributed by atoms with Crippen molar-refractivity contribution in [2.75, 3.05) is 47.5 Å². The summed E-state index contributed by atoms with van der Waals surface area (Å²) in [6, 6.07) is 3.49. The maximum Gasteiger partial charge on any atom is 0.234 e. The lowest BCUT2D eigenvalue weighted by Crippen LogP contribution is -2.50. The monoisotopic (exact) mass is 337 g/mol. The van der Waals surface area contributed by atoms with E-state index in [0.717, 1.165) is 5.56 Å². The van der Waals surface area contributed by atoms with Gasteiger partial charge in [0.15, 0.2) is 11.5 Å². The second kappa shape index (κ2) is 8.39. The SMILES string of the molecule is COc1cc(OC)c(OC)cc1CNC(=O)CN1CCNC(=O)C1. The van der Waals surface area contributed by atoms with Crippen LogP contribution in [0.1, 0.15) is 5.56 Å². The van der Waals surface area contributed by atoms with Gasteiger partial charge in [-0.15, -0.1) is 0 Å². The number of hydrogen-bond acceptors (Lipinski definition) is 6. The Hall–Kier alpha value is -2.48. The number of hydrogen-bond donors (Lipinski definition) is 2. The first-order chi connectivity index (χ1) is 11.6. The fraction of sp³-hybridized carbons (Fsp3) is 0.500. The van der Waals surface area contributed by atoms with Crippen molar-refractivity contribution in [3.63, 3.8) is 0 Å². The van der Waals surface area contributed by atoms with Crippen molar-refractivity contribution in [1.29, 1.82) is 0 Å². The molecule has 0 saturated carbocycles. The minimum Gasteiger partial charge on any atom is -0.496 e. The van der Waals surface area contributed by atoms with E-state index in [2.05, 4.69) is 10.6 Å². The Morgan fingerprint density at radius 1 is 1.17 bits per heavy atom. The standard InChI is InChI=1S/C16H23N3O5/c1-22-12-7-14(24-3)13(23-2)6-11(12)8-18-16(21)10-19-5-4-17-15(20)9-19/h6-7H,4-5,8-10H2,1-3H3,(H,17,20)(H,18,21). The van der Waals surface area contributed by atoms with Crippen LogP contribution in [0.4, 0.5) is 0 Å². The van der Waals surface area contributed by atoms with Crippen LogP contribution in [-0.4, -0.2) is 64.2 Å². The van der Waals surface area contributed by atoms with Gasteiger partial charge in [0, 0.05) is 31.3 Å². The first-order valence-corrected chi connectivity index (χ1v) is 7.62. The van der Waals surface area contributed by atoms with Crippen LogP contribution in [0.5, 0.6) is 17.2 Å². The third kappa shape index (κ3) is 4.51. The minimum absolute atomic E-state index is 0.0596. The van der Waals surface area contributed by atoms with Gasteiger partial charge in [-0.3, -0.25) is 14.5 Å². The Bertz CT molecular complexity index is 606. The van der Waals surface area contributed by atoms with Gasteiger partial charge >= 0.3 is 0 Å².